The fraction of sp³-hybridized carbons (Fsp3) is 0. The van der Waals surface area contributed by atoms with Gasteiger partial charge in [0.1, 0.15) is 0 Å². The minimum atomic E-state index is -1.50. The highest BCUT2D eigenvalue weighted by atomic mass is 15.1. The highest BCUT2D eigenvalue weighted by Gasteiger charge is 2.21. The van der Waals surface area contributed by atoms with Crippen molar-refractivity contribution >= 4 is 99.3 Å². The van der Waals surface area contributed by atoms with Crippen molar-refractivity contribution in [3.8, 4) is 123 Å². The zero-order valence-corrected chi connectivity index (χ0v) is 66.9. The highest BCUT2D eigenvalue weighted by Crippen LogP contribution is 2.45. The van der Waals surface area contributed by atoms with Crippen molar-refractivity contribution in [2.45, 2.75) is 0 Å². The van der Waals surface area contributed by atoms with Crippen molar-refractivity contribution in [1.82, 2.24) is 9.13 Å². The van der Waals surface area contributed by atoms with Crippen LogP contribution in [0.3, 0.4) is 0 Å². The van der Waals surface area contributed by atoms with Crippen molar-refractivity contribution in [3.05, 3.63) is 532 Å². The maximum Gasteiger partial charge on any atom is 0.0651 e. The SMILES string of the molecule is [2H]c1c([2H])c([2H])c(-c2c([2H])c([2H])c(-c3c([2H])c([2H])c(N(c4c([2H])c([2H])c(-c5c([2H])c([2H])c([2H])c(-c6c([2H])c([2H])c([2H])c([2H])c6[2H])c5[2H])c([2H])c4[2H])c4c([2H])c([2H])c(-c5c([2H])c([2H])c6c(c5[2H])c5c([2H])c([2H])c([2H])c([2H])c5n6-c5c([2H])c([2H])c6c([2H])c([2H])c([2H])c([2H])c6c5[2H])c([2H])c4[2H])c([2H])c3[2H])c([2H])c2[2H])c([2H])c1[2H].[2H]c1c([2H])c([2H])c(-c2c([2H])c([2H])c(-c3c([2H])c([2H])c(N(c4c([2H])c([2H])c(-c5ccc6c(c5)c5ccccc5n6-c5ccc6ccccc6c5)c([2H])c4[2H])c4c([2H])c([2H])c(-c5c([2H])c([2H])c([2H])c(-c6c([2H])c([2H])c([2H])c([2H])c6[2H])c5[2H])c([2H])c4[2H])c([2H])c3[2H])c([2H])c2[2H])c([2H])c1[2H]. The van der Waals surface area contributed by atoms with E-state index in [2.05, 4.69) is 0 Å². The molecule has 22 aromatic carbocycles. The highest BCUT2D eigenvalue weighted by molar-refractivity contribution is 6.12. The standard InChI is InChI=1S/2C64H44N2/c2*1-3-12-45(13-4-1)48-22-24-49(25-23-48)50-26-34-57(35-27-50)65(58-36-28-51(29-37-58)54-19-11-18-53(42-54)46-14-5-2-6-15-46)59-38-30-52(31-39-59)56-33-41-64-62(44-56)61-20-9-10-21-63(61)66(64)60-40-32-47-16-7-8-17-55(47)43-60/h2*1-44H/i1D,2D,3D,4D,5D,6D,7D,8D,9D,10D,11D,12D,13D,14D,15D,16D,17D,18D,19D,20D,21D,22D,23D,24D,25D,26D,27D,28D,29D,30D,31D,32D,33D,34D,35D,36D,37D,38D,39D,40D,41D,42D,43D,44D;1D,2D,3D,4D,5D,6D,11D,12D,13D,14D,15D,18D,19D,22D,23D,24D,25D,26D,27D,28D,29D,30D,31D,34D,35D,36D,37D,38D,39D,42D. The third kappa shape index (κ3) is 15.7. The number of nitrogens with zero attached hydrogens (tertiary/aromatic N) is 4. The van der Waals surface area contributed by atoms with Crippen molar-refractivity contribution in [2.75, 3.05) is 9.80 Å². The smallest absolute Gasteiger partial charge is 0.0651 e. The lowest BCUT2D eigenvalue weighted by molar-refractivity contribution is 1.19. The first-order valence-electron chi connectivity index (χ1n) is 76.3. The van der Waals surface area contributed by atoms with Crippen LogP contribution < -0.4 is 9.80 Å². The molecule has 0 saturated heterocycles. The van der Waals surface area contributed by atoms with E-state index in [1.807, 2.05) is 71.3 Å². The van der Waals surface area contributed by atoms with Gasteiger partial charge in [-0.1, -0.05) is 387 Å². The summed E-state index contributed by atoms with van der Waals surface area (Å²) >= 11 is 0. The molecule has 0 bridgehead atoms. The topological polar surface area (TPSA) is 16.3 Å². The maximum atomic E-state index is 9.95. The van der Waals surface area contributed by atoms with Gasteiger partial charge >= 0.3 is 0 Å². The molecule has 0 aliphatic rings. The Labute approximate surface area is 873 Å². The number of rotatable bonds is 18. The molecule has 0 spiro atoms. The summed E-state index contributed by atoms with van der Waals surface area (Å²) in [6.45, 7) is 0. The molecule has 2 heterocycles. The molecule has 4 heteroatoms. The van der Waals surface area contributed by atoms with E-state index in [0.717, 1.165) is 27.4 Å². The van der Waals surface area contributed by atoms with Crippen molar-refractivity contribution in [1.29, 1.82) is 0 Å². The van der Waals surface area contributed by atoms with Crippen LogP contribution in [0.15, 0.2) is 532 Å². The molecule has 0 aliphatic carbocycles. The summed E-state index contributed by atoms with van der Waals surface area (Å²) in [6, 6.07) is -55.9. The zero-order valence-electron chi connectivity index (χ0n) is 141. The Morgan fingerprint density at radius 1 is 0.152 bits per heavy atom. The average Bonchev–Trinajstić information content (AvgIpc) is 1.52. The van der Waals surface area contributed by atoms with Gasteiger partial charge in [-0.25, -0.2) is 0 Å². The second kappa shape index (κ2) is 35.1. The van der Waals surface area contributed by atoms with Crippen LogP contribution in [0.2, 0.25) is 0 Å². The van der Waals surface area contributed by atoms with Crippen LogP contribution in [0.4, 0.5) is 34.1 Å². The van der Waals surface area contributed by atoms with Crippen LogP contribution in [0.25, 0.3) is 188 Å². The summed E-state index contributed by atoms with van der Waals surface area (Å²) in [4.78, 5) is 0.536. The lowest BCUT2D eigenvalue weighted by Crippen LogP contribution is -2.09. The van der Waals surface area contributed by atoms with Crippen molar-refractivity contribution < 1.29 is 101 Å². The first kappa shape index (κ1) is 33.3. The van der Waals surface area contributed by atoms with Gasteiger partial charge < -0.3 is 18.9 Å². The Balaban J connectivity index is 0.000000212. The predicted octanol–water partition coefficient (Wildman–Crippen LogP) is 35.5. The van der Waals surface area contributed by atoms with E-state index < -0.39 is 620 Å². The molecule has 0 unspecified atom stereocenters. The minimum absolute atomic E-state index is 0.131. The molecular weight excluding hydrogens is 1590 g/mol. The van der Waals surface area contributed by atoms with Crippen LogP contribution in [-0.2, 0) is 0 Å². The monoisotopic (exact) mass is 1760 g/mol. The fourth-order valence-corrected chi connectivity index (χ4v) is 14.2. The van der Waals surface area contributed by atoms with Gasteiger partial charge in [0.15, 0.2) is 0 Å². The molecule has 0 radical (unpaired) electrons. The van der Waals surface area contributed by atoms with Gasteiger partial charge in [0.05, 0.1) is 124 Å². The lowest BCUT2D eigenvalue weighted by Gasteiger charge is -2.26. The molecule has 0 amide bonds. The Bertz CT molecular complexity index is 12900. The number of para-hydroxylation sites is 2. The molecular formula is C128H88N4. The van der Waals surface area contributed by atoms with Gasteiger partial charge in [0.2, 0.25) is 0 Å². The summed E-state index contributed by atoms with van der Waals surface area (Å²) in [5.74, 6) is 0. The first-order chi connectivity index (χ1) is 96.3. The number of fused-ring (bicyclic) bond motifs is 8. The second-order valence-corrected chi connectivity index (χ2v) is 28.1. The van der Waals surface area contributed by atoms with Crippen LogP contribution in [0, 0.1) is 0 Å². The van der Waals surface area contributed by atoms with Gasteiger partial charge in [0.25, 0.3) is 0 Å². The van der Waals surface area contributed by atoms with Crippen LogP contribution in [-0.4, -0.2) is 9.13 Å². The molecule has 620 valence electrons. The first-order valence-corrected chi connectivity index (χ1v) is 39.3. The second-order valence-electron chi connectivity index (χ2n) is 28.1. The normalized spacial score (nSPS) is 19.2. The van der Waals surface area contributed by atoms with E-state index in [9.17, 15) is 50.7 Å². The Hall–Kier alpha value is -17.4. The molecule has 132 heavy (non-hydrogen) atoms. The van der Waals surface area contributed by atoms with Crippen LogP contribution in [0.5, 0.6) is 0 Å². The molecule has 2 aromatic heterocycles. The Morgan fingerprint density at radius 2 is 0.477 bits per heavy atom. The summed E-state index contributed by atoms with van der Waals surface area (Å²) in [5, 5.41) is 0.414. The van der Waals surface area contributed by atoms with Gasteiger partial charge in [-0.15, -0.1) is 0 Å². The van der Waals surface area contributed by atoms with E-state index in [-0.39, 0.29) is 16.0 Å². The largest absolute Gasteiger partial charge is 0.311 e. The van der Waals surface area contributed by atoms with E-state index in [4.69, 9.17) is 50.7 Å². The Kier molecular flexibility index (Phi) is 8.85. The minimum Gasteiger partial charge on any atom is -0.311 e. The fourth-order valence-electron chi connectivity index (χ4n) is 14.2. The Morgan fingerprint density at radius 3 is 0.939 bits per heavy atom. The van der Waals surface area contributed by atoms with Gasteiger partial charge in [0, 0.05) is 67.0 Å². The van der Waals surface area contributed by atoms with Gasteiger partial charge in [-0.2, -0.15) is 0 Å². The van der Waals surface area contributed by atoms with E-state index in [1.54, 1.807) is 18.2 Å². The number of hydrogen-bond donors (Lipinski definition) is 0. The molecule has 0 aliphatic heterocycles. The predicted molar refractivity (Wildman–Crippen MR) is 560 cm³/mol. The number of hydrogen-bond acceptors (Lipinski definition) is 2. The molecule has 0 N–H and O–H groups in total. The van der Waals surface area contributed by atoms with Crippen molar-refractivity contribution in [2.24, 2.45) is 0 Å². The van der Waals surface area contributed by atoms with E-state index in [0.29, 0.717) is 20.4 Å². The van der Waals surface area contributed by atoms with Gasteiger partial charge in [-0.3, -0.25) is 0 Å². The van der Waals surface area contributed by atoms with E-state index in [1.165, 1.54) is 0 Å². The average molecular weight is 1760 g/mol. The molecule has 24 aromatic rings. The summed E-state index contributed by atoms with van der Waals surface area (Å²) in [7, 11) is 0. The molecule has 0 saturated carbocycles. The quantitative estimate of drug-likeness (QED) is 0.0851. The number of anilines is 6. The van der Waals surface area contributed by atoms with Crippen molar-refractivity contribution in [3.63, 3.8) is 0 Å². The van der Waals surface area contributed by atoms with E-state index >= 15 is 0 Å². The molecule has 0 fully saturated rings. The van der Waals surface area contributed by atoms with Gasteiger partial charge in [-0.05, 0) is 278 Å². The molecule has 0 atom stereocenters. The third-order valence-electron chi connectivity index (χ3n) is 20.3. The maximum absolute atomic E-state index is 9.95. The number of aromatic nitrogens is 2. The van der Waals surface area contributed by atoms with Crippen LogP contribution in [0.1, 0.15) is 101 Å². The summed E-state index contributed by atoms with van der Waals surface area (Å²) in [6.07, 6.45) is 0. The zero-order chi connectivity index (χ0) is 152. The molecule has 24 rings (SSSR count). The number of benzene rings is 22. The summed E-state index contributed by atoms with van der Waals surface area (Å²) in [5.41, 5.74) is -24.9. The third-order valence-corrected chi connectivity index (χ3v) is 20.3. The van der Waals surface area contributed by atoms with Crippen LogP contribution >= 0.6 is 0 Å². The lowest BCUT2D eigenvalue weighted by atomic mass is 9.98. The molecule has 4 nitrogen and oxygen atoms in total. The summed E-state index contributed by atoms with van der Waals surface area (Å²) < 4.78 is 676.